The summed E-state index contributed by atoms with van der Waals surface area (Å²) in [5.74, 6) is -0.611. The van der Waals surface area contributed by atoms with Crippen LogP contribution in [0.4, 0.5) is 0 Å². The number of methoxy groups -OCH3 is 1. The monoisotopic (exact) mass is 191 g/mol. The van der Waals surface area contributed by atoms with Gasteiger partial charge in [-0.15, -0.1) is 0 Å². The van der Waals surface area contributed by atoms with Gasteiger partial charge in [0.25, 0.3) is 0 Å². The van der Waals surface area contributed by atoms with Gasteiger partial charge in [-0.05, 0) is 12.1 Å². The Morgan fingerprint density at radius 3 is 2.86 bits per heavy atom. The molecular formula is C10H9NO3. The molecule has 0 aromatic heterocycles. The molecule has 0 unspecified atom stereocenters. The van der Waals surface area contributed by atoms with Crippen LogP contribution in [-0.2, 0) is 6.42 Å². The summed E-state index contributed by atoms with van der Waals surface area (Å²) < 4.78 is 4.97. The van der Waals surface area contributed by atoms with Gasteiger partial charge < -0.3 is 9.84 Å². The number of ether oxygens (including phenoxy) is 1. The Morgan fingerprint density at radius 2 is 2.36 bits per heavy atom. The van der Waals surface area contributed by atoms with Crippen molar-refractivity contribution in [2.45, 2.75) is 6.42 Å². The van der Waals surface area contributed by atoms with Crippen LogP contribution in [0.2, 0.25) is 0 Å². The summed E-state index contributed by atoms with van der Waals surface area (Å²) in [5, 5.41) is 17.4. The van der Waals surface area contributed by atoms with E-state index in [-0.39, 0.29) is 12.0 Å². The highest BCUT2D eigenvalue weighted by Crippen LogP contribution is 2.22. The minimum atomic E-state index is -1.05. The zero-order valence-corrected chi connectivity index (χ0v) is 7.65. The Kier molecular flexibility index (Phi) is 3.08. The Balaban J connectivity index is 3.29. The smallest absolute Gasteiger partial charge is 0.336 e. The van der Waals surface area contributed by atoms with E-state index in [0.29, 0.717) is 11.3 Å². The third-order valence-electron chi connectivity index (χ3n) is 1.84. The number of carbonyl (C=O) groups is 1. The summed E-state index contributed by atoms with van der Waals surface area (Å²) in [5.41, 5.74) is 0.538. The van der Waals surface area contributed by atoms with Gasteiger partial charge in [-0.1, -0.05) is 6.07 Å². The molecule has 72 valence electrons. The van der Waals surface area contributed by atoms with Crippen molar-refractivity contribution in [2.75, 3.05) is 7.11 Å². The molecule has 0 fully saturated rings. The maximum Gasteiger partial charge on any atom is 0.336 e. The van der Waals surface area contributed by atoms with E-state index in [1.165, 1.54) is 13.2 Å². The van der Waals surface area contributed by atoms with E-state index in [2.05, 4.69) is 0 Å². The number of aromatic carboxylic acids is 1. The minimum absolute atomic E-state index is 0.0334. The van der Waals surface area contributed by atoms with E-state index in [0.717, 1.165) is 0 Å². The van der Waals surface area contributed by atoms with Crippen LogP contribution in [0.25, 0.3) is 0 Å². The average Bonchev–Trinajstić information content (AvgIpc) is 2.18. The maximum absolute atomic E-state index is 10.8. The molecule has 0 heterocycles. The summed E-state index contributed by atoms with van der Waals surface area (Å²) in [7, 11) is 1.45. The quantitative estimate of drug-likeness (QED) is 0.785. The number of benzene rings is 1. The number of hydrogen-bond acceptors (Lipinski definition) is 3. The second kappa shape index (κ2) is 4.28. The van der Waals surface area contributed by atoms with Gasteiger partial charge in [0, 0.05) is 5.56 Å². The van der Waals surface area contributed by atoms with Gasteiger partial charge in [0.1, 0.15) is 5.75 Å². The first-order chi connectivity index (χ1) is 6.70. The van der Waals surface area contributed by atoms with Crippen LogP contribution < -0.4 is 4.74 Å². The fourth-order valence-corrected chi connectivity index (χ4v) is 1.22. The van der Waals surface area contributed by atoms with Crippen molar-refractivity contribution in [1.29, 1.82) is 5.26 Å². The van der Waals surface area contributed by atoms with Gasteiger partial charge in [-0.2, -0.15) is 5.26 Å². The number of carboxylic acids is 1. The zero-order valence-electron chi connectivity index (χ0n) is 7.65. The molecule has 0 aliphatic carbocycles. The standard InChI is InChI=1S/C10H9NO3/c1-14-9-4-2-3-8(10(12)13)7(9)5-6-11/h2-4H,5H2,1H3,(H,12,13). The second-order valence-corrected chi connectivity index (χ2v) is 2.63. The molecule has 0 spiro atoms. The highest BCUT2D eigenvalue weighted by atomic mass is 16.5. The Morgan fingerprint density at radius 1 is 1.64 bits per heavy atom. The molecule has 0 amide bonds. The SMILES string of the molecule is COc1cccc(C(=O)O)c1CC#N. The van der Waals surface area contributed by atoms with Crippen molar-refractivity contribution in [3.05, 3.63) is 29.3 Å². The van der Waals surface area contributed by atoms with Crippen molar-refractivity contribution in [3.8, 4) is 11.8 Å². The molecular weight excluding hydrogens is 182 g/mol. The van der Waals surface area contributed by atoms with Gasteiger partial charge in [0.15, 0.2) is 0 Å². The lowest BCUT2D eigenvalue weighted by Crippen LogP contribution is -2.03. The van der Waals surface area contributed by atoms with Crippen molar-refractivity contribution in [1.82, 2.24) is 0 Å². The van der Waals surface area contributed by atoms with Crippen molar-refractivity contribution >= 4 is 5.97 Å². The Hall–Kier alpha value is -2.02. The number of hydrogen-bond donors (Lipinski definition) is 1. The van der Waals surface area contributed by atoms with Crippen molar-refractivity contribution < 1.29 is 14.6 Å². The Bertz CT molecular complexity index is 393. The molecule has 1 aromatic carbocycles. The minimum Gasteiger partial charge on any atom is -0.496 e. The van der Waals surface area contributed by atoms with Crippen LogP contribution in [0.15, 0.2) is 18.2 Å². The van der Waals surface area contributed by atoms with E-state index in [1.54, 1.807) is 12.1 Å². The van der Waals surface area contributed by atoms with E-state index < -0.39 is 5.97 Å². The van der Waals surface area contributed by atoms with E-state index >= 15 is 0 Å². The van der Waals surface area contributed by atoms with Crippen LogP contribution in [0.3, 0.4) is 0 Å². The largest absolute Gasteiger partial charge is 0.496 e. The van der Waals surface area contributed by atoms with Gasteiger partial charge in [0.05, 0.1) is 25.2 Å². The van der Waals surface area contributed by atoms with Crippen LogP contribution in [0, 0.1) is 11.3 Å². The number of nitriles is 1. The summed E-state index contributed by atoms with van der Waals surface area (Å²) >= 11 is 0. The molecule has 4 heteroatoms. The van der Waals surface area contributed by atoms with Gasteiger partial charge >= 0.3 is 5.97 Å². The molecule has 0 saturated heterocycles. The van der Waals surface area contributed by atoms with Crippen LogP contribution >= 0.6 is 0 Å². The summed E-state index contributed by atoms with van der Waals surface area (Å²) in [6.07, 6.45) is 0.0334. The average molecular weight is 191 g/mol. The molecule has 0 atom stereocenters. The van der Waals surface area contributed by atoms with Crippen molar-refractivity contribution in [3.63, 3.8) is 0 Å². The van der Waals surface area contributed by atoms with E-state index in [4.69, 9.17) is 15.1 Å². The topological polar surface area (TPSA) is 70.3 Å². The fraction of sp³-hybridized carbons (Fsp3) is 0.200. The number of nitrogens with zero attached hydrogens (tertiary/aromatic N) is 1. The van der Waals surface area contributed by atoms with E-state index in [1.807, 2.05) is 6.07 Å². The van der Waals surface area contributed by atoms with Gasteiger partial charge in [-0.25, -0.2) is 4.79 Å². The van der Waals surface area contributed by atoms with Crippen LogP contribution in [-0.4, -0.2) is 18.2 Å². The number of rotatable bonds is 3. The predicted molar refractivity (Wildman–Crippen MR) is 49.3 cm³/mol. The first-order valence-electron chi connectivity index (χ1n) is 3.96. The van der Waals surface area contributed by atoms with Crippen molar-refractivity contribution in [2.24, 2.45) is 0 Å². The third kappa shape index (κ3) is 1.83. The molecule has 0 bridgehead atoms. The highest BCUT2D eigenvalue weighted by molar-refractivity contribution is 5.90. The third-order valence-corrected chi connectivity index (χ3v) is 1.84. The van der Waals surface area contributed by atoms with Crippen LogP contribution in [0.5, 0.6) is 5.75 Å². The molecule has 1 rings (SSSR count). The van der Waals surface area contributed by atoms with E-state index in [9.17, 15) is 4.79 Å². The summed E-state index contributed by atoms with van der Waals surface area (Å²) in [6, 6.07) is 6.59. The first kappa shape index (κ1) is 10.1. The summed E-state index contributed by atoms with van der Waals surface area (Å²) in [6.45, 7) is 0. The lowest BCUT2D eigenvalue weighted by Gasteiger charge is -2.07. The van der Waals surface area contributed by atoms with Gasteiger partial charge in [-0.3, -0.25) is 0 Å². The normalized spacial score (nSPS) is 9.14. The second-order valence-electron chi connectivity index (χ2n) is 2.63. The predicted octanol–water partition coefficient (Wildman–Crippen LogP) is 1.46. The first-order valence-corrected chi connectivity index (χ1v) is 3.96. The van der Waals surface area contributed by atoms with Gasteiger partial charge in [0.2, 0.25) is 0 Å². The van der Waals surface area contributed by atoms with Crippen LogP contribution in [0.1, 0.15) is 15.9 Å². The molecule has 1 aromatic rings. The maximum atomic E-state index is 10.8. The molecule has 0 radical (unpaired) electrons. The zero-order chi connectivity index (χ0) is 10.6. The molecule has 1 N–H and O–H groups in total. The molecule has 14 heavy (non-hydrogen) atoms. The lowest BCUT2D eigenvalue weighted by atomic mass is 10.0. The fourth-order valence-electron chi connectivity index (χ4n) is 1.22. The molecule has 4 nitrogen and oxygen atoms in total. The highest BCUT2D eigenvalue weighted by Gasteiger charge is 2.13. The number of carboxylic acid groups (broad SMARTS) is 1. The molecule has 0 saturated carbocycles. The Labute approximate surface area is 81.4 Å². The molecule has 0 aliphatic heterocycles. The molecule has 0 aliphatic rings. The summed E-state index contributed by atoms with van der Waals surface area (Å²) in [4.78, 5) is 10.8. The lowest BCUT2D eigenvalue weighted by molar-refractivity contribution is 0.0695.